The highest BCUT2D eigenvalue weighted by molar-refractivity contribution is 5.96. The molecule has 1 amide bonds. The van der Waals surface area contributed by atoms with Crippen LogP contribution in [0, 0.1) is 0 Å². The monoisotopic (exact) mass is 489 g/mol. The zero-order chi connectivity index (χ0) is 25.4. The summed E-state index contributed by atoms with van der Waals surface area (Å²) in [6, 6.07) is 11.4. The summed E-state index contributed by atoms with van der Waals surface area (Å²) in [5.41, 5.74) is 0.761. The first-order valence-electron chi connectivity index (χ1n) is 11.8. The average molecular weight is 490 g/mol. The summed E-state index contributed by atoms with van der Waals surface area (Å²) >= 11 is 0. The summed E-state index contributed by atoms with van der Waals surface area (Å²) in [7, 11) is 2.96. The first-order valence-corrected chi connectivity index (χ1v) is 11.8. The first-order chi connectivity index (χ1) is 17.3. The number of carbonyl (C=O) groups is 1. The lowest BCUT2D eigenvalue weighted by Crippen LogP contribution is -2.49. The van der Waals surface area contributed by atoms with Gasteiger partial charge in [-0.25, -0.2) is 9.78 Å². The largest absolute Gasteiger partial charge is 0.338 e. The van der Waals surface area contributed by atoms with Gasteiger partial charge in [-0.3, -0.25) is 23.6 Å². The predicted molar refractivity (Wildman–Crippen MR) is 132 cm³/mol. The van der Waals surface area contributed by atoms with Gasteiger partial charge in [-0.05, 0) is 18.6 Å². The van der Waals surface area contributed by atoms with E-state index < -0.39 is 11.2 Å². The van der Waals surface area contributed by atoms with E-state index in [2.05, 4.69) is 20.0 Å². The van der Waals surface area contributed by atoms with Crippen LogP contribution in [-0.4, -0.2) is 66.1 Å². The number of benzene rings is 1. The molecule has 1 aliphatic heterocycles. The van der Waals surface area contributed by atoms with Gasteiger partial charge in [0.25, 0.3) is 11.5 Å². The molecule has 1 saturated heterocycles. The molecule has 11 nitrogen and oxygen atoms in total. The normalized spacial score (nSPS) is 15.4. The van der Waals surface area contributed by atoms with E-state index in [1.54, 1.807) is 11.9 Å². The van der Waals surface area contributed by atoms with Crippen LogP contribution >= 0.6 is 0 Å². The maximum atomic E-state index is 13.2. The molecule has 0 aliphatic carbocycles. The molecule has 0 spiro atoms. The van der Waals surface area contributed by atoms with Crippen molar-refractivity contribution in [2.24, 2.45) is 14.1 Å². The SMILES string of the molecule is CC(c1nc(Cc2ccccc2)no1)N1CCN(C(=O)c2cnc3c(c2)c(=O)n(C)c(=O)n3C)CC1. The van der Waals surface area contributed by atoms with Gasteiger partial charge in [-0.15, -0.1) is 0 Å². The number of fused-ring (bicyclic) bond motifs is 1. The Bertz CT molecular complexity index is 1530. The van der Waals surface area contributed by atoms with Crippen molar-refractivity contribution >= 4 is 16.9 Å². The number of hydrogen-bond donors (Lipinski definition) is 0. The molecule has 3 aromatic heterocycles. The minimum Gasteiger partial charge on any atom is -0.338 e. The molecule has 1 fully saturated rings. The molecule has 5 rings (SSSR count). The van der Waals surface area contributed by atoms with Gasteiger partial charge >= 0.3 is 5.69 Å². The Morgan fingerprint density at radius 1 is 1.06 bits per heavy atom. The minimum atomic E-state index is -0.472. The zero-order valence-corrected chi connectivity index (χ0v) is 20.4. The second kappa shape index (κ2) is 9.50. The van der Waals surface area contributed by atoms with Gasteiger partial charge < -0.3 is 9.42 Å². The Labute approximate surface area is 206 Å². The van der Waals surface area contributed by atoms with Crippen molar-refractivity contribution in [1.82, 2.24) is 34.1 Å². The number of nitrogens with zero attached hydrogens (tertiary/aromatic N) is 7. The van der Waals surface area contributed by atoms with Crippen LogP contribution in [0.5, 0.6) is 0 Å². The quantitative estimate of drug-likeness (QED) is 0.409. The summed E-state index contributed by atoms with van der Waals surface area (Å²) in [6.45, 7) is 4.32. The lowest BCUT2D eigenvalue weighted by atomic mass is 10.1. The van der Waals surface area contributed by atoms with Crippen molar-refractivity contribution in [3.8, 4) is 0 Å². The maximum absolute atomic E-state index is 13.2. The highest BCUT2D eigenvalue weighted by Gasteiger charge is 2.28. The predicted octanol–water partition coefficient (Wildman–Crippen LogP) is 1.12. The summed E-state index contributed by atoms with van der Waals surface area (Å²) in [6.07, 6.45) is 2.03. The van der Waals surface area contributed by atoms with E-state index in [0.29, 0.717) is 49.9 Å². The summed E-state index contributed by atoms with van der Waals surface area (Å²) in [5.74, 6) is 1.00. The van der Waals surface area contributed by atoms with Crippen LogP contribution in [0.3, 0.4) is 0 Å². The zero-order valence-electron chi connectivity index (χ0n) is 20.4. The molecule has 0 radical (unpaired) electrons. The highest BCUT2D eigenvalue weighted by atomic mass is 16.5. The molecule has 0 bridgehead atoms. The molecule has 0 saturated carbocycles. The van der Waals surface area contributed by atoms with Gasteiger partial charge in [0.15, 0.2) is 5.82 Å². The lowest BCUT2D eigenvalue weighted by molar-refractivity contribution is 0.0551. The molecule has 36 heavy (non-hydrogen) atoms. The van der Waals surface area contributed by atoms with Crippen LogP contribution in [0.25, 0.3) is 11.0 Å². The van der Waals surface area contributed by atoms with E-state index in [9.17, 15) is 14.4 Å². The van der Waals surface area contributed by atoms with E-state index in [4.69, 9.17) is 4.52 Å². The number of amides is 1. The number of aryl methyl sites for hydroxylation is 1. The molecule has 4 aromatic rings. The minimum absolute atomic E-state index is 0.0779. The van der Waals surface area contributed by atoms with Gasteiger partial charge in [0.2, 0.25) is 5.89 Å². The second-order valence-corrected chi connectivity index (χ2v) is 9.02. The average Bonchev–Trinajstić information content (AvgIpc) is 3.38. The maximum Gasteiger partial charge on any atom is 0.332 e. The topological polar surface area (TPSA) is 119 Å². The Morgan fingerprint density at radius 2 is 1.78 bits per heavy atom. The van der Waals surface area contributed by atoms with E-state index in [1.807, 2.05) is 37.3 Å². The Morgan fingerprint density at radius 3 is 2.50 bits per heavy atom. The molecule has 1 aliphatic rings. The number of carbonyl (C=O) groups excluding carboxylic acids is 1. The number of pyridine rings is 1. The number of hydrogen-bond acceptors (Lipinski definition) is 8. The van der Waals surface area contributed by atoms with E-state index in [1.165, 1.54) is 23.9 Å². The van der Waals surface area contributed by atoms with Crippen molar-refractivity contribution in [2.75, 3.05) is 26.2 Å². The van der Waals surface area contributed by atoms with Gasteiger partial charge in [-0.2, -0.15) is 4.98 Å². The molecule has 1 atom stereocenters. The number of piperazine rings is 1. The smallest absolute Gasteiger partial charge is 0.332 e. The van der Waals surface area contributed by atoms with E-state index in [0.717, 1.165) is 10.1 Å². The van der Waals surface area contributed by atoms with Crippen LogP contribution in [0.1, 0.15) is 40.6 Å². The summed E-state index contributed by atoms with van der Waals surface area (Å²) < 4.78 is 7.84. The van der Waals surface area contributed by atoms with Crippen molar-refractivity contribution < 1.29 is 9.32 Å². The molecule has 186 valence electrons. The fraction of sp³-hybridized carbons (Fsp3) is 0.360. The molecular weight excluding hydrogens is 462 g/mol. The van der Waals surface area contributed by atoms with Crippen molar-refractivity contribution in [2.45, 2.75) is 19.4 Å². The van der Waals surface area contributed by atoms with Gasteiger partial charge in [0.1, 0.15) is 5.65 Å². The summed E-state index contributed by atoms with van der Waals surface area (Å²) in [4.78, 5) is 50.6. The molecule has 1 unspecified atom stereocenters. The fourth-order valence-corrected chi connectivity index (χ4v) is 4.52. The lowest BCUT2D eigenvalue weighted by Gasteiger charge is -2.36. The van der Waals surface area contributed by atoms with E-state index in [-0.39, 0.29) is 23.0 Å². The third-order valence-electron chi connectivity index (χ3n) is 6.74. The van der Waals surface area contributed by atoms with Gasteiger partial charge in [0, 0.05) is 52.9 Å². The van der Waals surface area contributed by atoms with Crippen LogP contribution in [0.2, 0.25) is 0 Å². The van der Waals surface area contributed by atoms with Crippen molar-refractivity contribution in [1.29, 1.82) is 0 Å². The van der Waals surface area contributed by atoms with Crippen LogP contribution in [0.4, 0.5) is 0 Å². The molecular formula is C25H27N7O4. The standard InChI is InChI=1S/C25H27N7O4/c1-16(22-27-20(28-36-22)13-17-7-5-4-6-8-17)31-9-11-32(12-10-31)23(33)18-14-19-21(26-15-18)29(2)25(35)30(3)24(19)34/h4-8,14-16H,9-13H2,1-3H3. The number of aromatic nitrogens is 5. The first kappa shape index (κ1) is 23.6. The molecule has 4 heterocycles. The van der Waals surface area contributed by atoms with Crippen LogP contribution < -0.4 is 11.2 Å². The van der Waals surface area contributed by atoms with Crippen molar-refractivity contribution in [3.05, 3.63) is 86.3 Å². The van der Waals surface area contributed by atoms with Gasteiger partial charge in [0.05, 0.1) is 17.0 Å². The van der Waals surface area contributed by atoms with Crippen molar-refractivity contribution in [3.63, 3.8) is 0 Å². The summed E-state index contributed by atoms with van der Waals surface area (Å²) in [5, 5.41) is 4.36. The highest BCUT2D eigenvalue weighted by Crippen LogP contribution is 2.22. The van der Waals surface area contributed by atoms with E-state index >= 15 is 0 Å². The van der Waals surface area contributed by atoms with Gasteiger partial charge in [-0.1, -0.05) is 35.5 Å². The second-order valence-electron chi connectivity index (χ2n) is 9.02. The fourth-order valence-electron chi connectivity index (χ4n) is 4.52. The Kier molecular flexibility index (Phi) is 6.23. The number of rotatable bonds is 5. The molecule has 1 aromatic carbocycles. The third-order valence-corrected chi connectivity index (χ3v) is 6.74. The Balaban J connectivity index is 1.25. The van der Waals surface area contributed by atoms with Crippen LogP contribution in [0.15, 0.2) is 56.7 Å². The molecule has 11 heteroatoms. The van der Waals surface area contributed by atoms with Crippen LogP contribution in [-0.2, 0) is 20.5 Å². The third kappa shape index (κ3) is 4.33. The molecule has 0 N–H and O–H groups in total. The Hall–Kier alpha value is -4.12.